The smallest absolute Gasteiger partial charge is 0.220 e. The fraction of sp³-hybridized carbons (Fsp3) is 0.943. The molecule has 2 atom stereocenters. The number of unbranched alkanes of at least 4 members (excludes halogenated alkanes) is 24. The number of amides is 1. The van der Waals surface area contributed by atoms with Crippen molar-refractivity contribution in [3.63, 3.8) is 0 Å². The molecule has 3 nitrogen and oxygen atoms in total. The highest BCUT2D eigenvalue weighted by Crippen LogP contribution is 2.17. The number of hydrogen-bond acceptors (Lipinski definition) is 2. The molecule has 0 aromatic rings. The van der Waals surface area contributed by atoms with E-state index < -0.39 is 0 Å². The standard InChI is InChI=1S/C35H68N2O/c1-4-6-8-10-12-14-16-18-20-22-24-26-28-30-34(32-36)33(3)37-35(38)31-29-27-25-23-21-19-17-15-13-11-9-7-5-2/h33-34H,4-31H2,1-3H3,(H,37,38). The molecular weight excluding hydrogens is 464 g/mol. The molecule has 0 radical (unpaired) electrons. The zero-order valence-electron chi connectivity index (χ0n) is 26.3. The molecular formula is C35H68N2O. The predicted molar refractivity (Wildman–Crippen MR) is 167 cm³/mol. The minimum atomic E-state index is -0.0571. The maximum atomic E-state index is 12.3. The molecule has 0 bridgehead atoms. The summed E-state index contributed by atoms with van der Waals surface area (Å²) in [7, 11) is 0. The van der Waals surface area contributed by atoms with Crippen LogP contribution < -0.4 is 5.32 Å². The SMILES string of the molecule is CCCCCCCCCCCCCCCC(=O)NC(C)C(C#N)CCCCCCCCCCCCCCC. The molecule has 2 unspecified atom stereocenters. The van der Waals surface area contributed by atoms with Crippen molar-refractivity contribution < 1.29 is 4.79 Å². The minimum absolute atomic E-state index is 0.0354. The van der Waals surface area contributed by atoms with Gasteiger partial charge in [-0.05, 0) is 19.8 Å². The third-order valence-corrected chi connectivity index (χ3v) is 8.28. The lowest BCUT2D eigenvalue weighted by atomic mass is 9.95. The number of nitrogens with zero attached hydrogens (tertiary/aromatic N) is 1. The Balaban J connectivity index is 3.56. The normalized spacial score (nSPS) is 12.8. The summed E-state index contributed by atoms with van der Waals surface area (Å²) in [4.78, 5) is 12.3. The summed E-state index contributed by atoms with van der Waals surface area (Å²) < 4.78 is 0. The molecule has 0 aliphatic heterocycles. The maximum absolute atomic E-state index is 12.3. The largest absolute Gasteiger partial charge is 0.352 e. The van der Waals surface area contributed by atoms with Gasteiger partial charge in [-0.1, -0.05) is 174 Å². The van der Waals surface area contributed by atoms with Crippen LogP contribution in [0.15, 0.2) is 0 Å². The molecule has 0 aromatic carbocycles. The zero-order chi connectivity index (χ0) is 27.9. The van der Waals surface area contributed by atoms with Crippen molar-refractivity contribution in [1.82, 2.24) is 5.32 Å². The Morgan fingerprint density at radius 2 is 0.868 bits per heavy atom. The Kier molecular flexibility index (Phi) is 29.7. The maximum Gasteiger partial charge on any atom is 0.220 e. The molecule has 0 heterocycles. The molecule has 3 heteroatoms. The van der Waals surface area contributed by atoms with Crippen LogP contribution in [0.5, 0.6) is 0 Å². The third-order valence-electron chi connectivity index (χ3n) is 8.28. The summed E-state index contributed by atoms with van der Waals surface area (Å²) in [5.74, 6) is 0.0736. The Bertz CT molecular complexity index is 527. The third kappa shape index (κ3) is 26.6. The molecule has 38 heavy (non-hydrogen) atoms. The molecule has 1 amide bonds. The van der Waals surface area contributed by atoms with Gasteiger partial charge in [-0.2, -0.15) is 5.26 Å². The first-order valence-electron chi connectivity index (χ1n) is 17.3. The lowest BCUT2D eigenvalue weighted by Gasteiger charge is -2.19. The van der Waals surface area contributed by atoms with Crippen LogP contribution >= 0.6 is 0 Å². The van der Waals surface area contributed by atoms with E-state index in [0.717, 1.165) is 25.7 Å². The van der Waals surface area contributed by atoms with Crippen LogP contribution in [0.25, 0.3) is 0 Å². The molecule has 0 saturated carbocycles. The van der Waals surface area contributed by atoms with Gasteiger partial charge >= 0.3 is 0 Å². The average Bonchev–Trinajstić information content (AvgIpc) is 2.91. The van der Waals surface area contributed by atoms with Crippen molar-refractivity contribution >= 4 is 5.91 Å². The summed E-state index contributed by atoms with van der Waals surface area (Å²) in [6.07, 6.45) is 36.2. The van der Waals surface area contributed by atoms with Gasteiger partial charge in [0.15, 0.2) is 0 Å². The van der Waals surface area contributed by atoms with Crippen LogP contribution in [0.4, 0.5) is 0 Å². The molecule has 0 fully saturated rings. The van der Waals surface area contributed by atoms with Crippen molar-refractivity contribution in [3.8, 4) is 6.07 Å². The van der Waals surface area contributed by atoms with E-state index in [1.807, 2.05) is 6.92 Å². The van der Waals surface area contributed by atoms with Gasteiger partial charge in [0.25, 0.3) is 0 Å². The van der Waals surface area contributed by atoms with Gasteiger partial charge < -0.3 is 5.32 Å². The predicted octanol–water partition coefficient (Wildman–Crippen LogP) is 11.6. The van der Waals surface area contributed by atoms with Gasteiger partial charge in [0, 0.05) is 12.5 Å². The van der Waals surface area contributed by atoms with Crippen LogP contribution in [0.2, 0.25) is 0 Å². The molecule has 0 saturated heterocycles. The van der Waals surface area contributed by atoms with Gasteiger partial charge in [0.2, 0.25) is 5.91 Å². The van der Waals surface area contributed by atoms with Gasteiger partial charge in [-0.25, -0.2) is 0 Å². The van der Waals surface area contributed by atoms with Crippen LogP contribution in [-0.4, -0.2) is 11.9 Å². The molecule has 1 N–H and O–H groups in total. The van der Waals surface area contributed by atoms with Crippen molar-refractivity contribution in [2.24, 2.45) is 5.92 Å². The molecule has 0 rings (SSSR count). The topological polar surface area (TPSA) is 52.9 Å². The first-order valence-corrected chi connectivity index (χ1v) is 17.3. The van der Waals surface area contributed by atoms with Gasteiger partial charge in [0.1, 0.15) is 0 Å². The van der Waals surface area contributed by atoms with E-state index in [9.17, 15) is 10.1 Å². The summed E-state index contributed by atoms with van der Waals surface area (Å²) in [6.45, 7) is 6.57. The van der Waals surface area contributed by atoms with Gasteiger partial charge in [-0.3, -0.25) is 4.79 Å². The quantitative estimate of drug-likeness (QED) is 0.0935. The average molecular weight is 533 g/mol. The fourth-order valence-corrected chi connectivity index (χ4v) is 5.54. The molecule has 0 aliphatic rings. The van der Waals surface area contributed by atoms with Crippen LogP contribution in [0.3, 0.4) is 0 Å². The van der Waals surface area contributed by atoms with E-state index >= 15 is 0 Å². The van der Waals surface area contributed by atoms with Crippen molar-refractivity contribution in [2.75, 3.05) is 0 Å². The second-order valence-corrected chi connectivity index (χ2v) is 12.1. The van der Waals surface area contributed by atoms with E-state index in [2.05, 4.69) is 25.2 Å². The molecule has 224 valence electrons. The highest BCUT2D eigenvalue weighted by atomic mass is 16.1. The number of nitrogens with one attached hydrogen (secondary N) is 1. The van der Waals surface area contributed by atoms with Crippen LogP contribution in [0.1, 0.15) is 201 Å². The van der Waals surface area contributed by atoms with Crippen LogP contribution in [0, 0.1) is 17.2 Å². The lowest BCUT2D eigenvalue weighted by molar-refractivity contribution is -0.122. The van der Waals surface area contributed by atoms with Crippen molar-refractivity contribution in [2.45, 2.75) is 207 Å². The summed E-state index contributed by atoms with van der Waals surface area (Å²) in [5, 5.41) is 12.7. The number of nitriles is 1. The van der Waals surface area contributed by atoms with Crippen LogP contribution in [-0.2, 0) is 4.79 Å². The van der Waals surface area contributed by atoms with E-state index in [1.165, 1.54) is 148 Å². The molecule has 0 spiro atoms. The first-order chi connectivity index (χ1) is 18.7. The fourth-order valence-electron chi connectivity index (χ4n) is 5.54. The van der Waals surface area contributed by atoms with E-state index in [-0.39, 0.29) is 17.9 Å². The molecule has 0 aliphatic carbocycles. The number of carbonyl (C=O) groups is 1. The Labute approximate surface area is 239 Å². The lowest BCUT2D eigenvalue weighted by Crippen LogP contribution is -2.37. The molecule has 0 aromatic heterocycles. The van der Waals surface area contributed by atoms with Gasteiger partial charge in [0.05, 0.1) is 12.0 Å². The summed E-state index contributed by atoms with van der Waals surface area (Å²) in [6, 6.07) is 2.42. The summed E-state index contributed by atoms with van der Waals surface area (Å²) in [5.41, 5.74) is 0. The van der Waals surface area contributed by atoms with Crippen molar-refractivity contribution in [3.05, 3.63) is 0 Å². The van der Waals surface area contributed by atoms with E-state index in [1.54, 1.807) is 0 Å². The number of rotatable bonds is 30. The van der Waals surface area contributed by atoms with E-state index in [4.69, 9.17) is 0 Å². The summed E-state index contributed by atoms with van der Waals surface area (Å²) >= 11 is 0. The van der Waals surface area contributed by atoms with E-state index in [0.29, 0.717) is 6.42 Å². The monoisotopic (exact) mass is 533 g/mol. The minimum Gasteiger partial charge on any atom is -0.352 e. The Hall–Kier alpha value is -1.04. The highest BCUT2D eigenvalue weighted by Gasteiger charge is 2.18. The van der Waals surface area contributed by atoms with Crippen molar-refractivity contribution in [1.29, 1.82) is 5.26 Å². The highest BCUT2D eigenvalue weighted by molar-refractivity contribution is 5.76. The second kappa shape index (κ2) is 30.5. The number of hydrogen-bond donors (Lipinski definition) is 1. The number of carbonyl (C=O) groups excluding carboxylic acids is 1. The Morgan fingerprint density at radius 3 is 1.21 bits per heavy atom. The Morgan fingerprint density at radius 1 is 0.553 bits per heavy atom. The van der Waals surface area contributed by atoms with Gasteiger partial charge in [-0.15, -0.1) is 0 Å². The second-order valence-electron chi connectivity index (χ2n) is 12.1. The zero-order valence-corrected chi connectivity index (χ0v) is 26.3. The first kappa shape index (κ1) is 37.0.